The fourth-order valence-electron chi connectivity index (χ4n) is 1.13. The zero-order valence-corrected chi connectivity index (χ0v) is 6.07. The molecule has 0 aromatic carbocycles. The summed E-state index contributed by atoms with van der Waals surface area (Å²) in [5, 5.41) is 10.5. The predicted molar refractivity (Wildman–Crippen MR) is 38.7 cm³/mol. The molecule has 1 aliphatic heterocycles. The maximum Gasteiger partial charge on any atom is 0.0963 e. The minimum absolute atomic E-state index is 0.443. The van der Waals surface area contributed by atoms with Crippen LogP contribution in [0.4, 0.5) is 0 Å². The van der Waals surface area contributed by atoms with Crippen LogP contribution in [0, 0.1) is 17.2 Å². The first kappa shape index (κ1) is 6.59. The van der Waals surface area contributed by atoms with Crippen molar-refractivity contribution in [1.29, 1.82) is 5.41 Å². The highest BCUT2D eigenvalue weighted by Gasteiger charge is 2.20. The lowest BCUT2D eigenvalue weighted by Crippen LogP contribution is -2.39. The largest absolute Gasteiger partial charge is 0.374 e. The molecule has 2 unspecified atom stereocenters. The molecule has 9 heavy (non-hydrogen) atoms. The average Bonchev–Trinajstić information content (AvgIpc) is 1.83. The van der Waals surface area contributed by atoms with Crippen molar-refractivity contribution in [3.63, 3.8) is 0 Å². The van der Waals surface area contributed by atoms with Crippen LogP contribution in [0.25, 0.3) is 0 Å². The fraction of sp³-hybridized carbons (Fsp3) is 0.857. The number of amidine groups is 1. The van der Waals surface area contributed by atoms with E-state index in [2.05, 4.69) is 19.2 Å². The van der Waals surface area contributed by atoms with Crippen molar-refractivity contribution in [1.82, 2.24) is 5.32 Å². The first-order valence-corrected chi connectivity index (χ1v) is 3.54. The molecule has 2 atom stereocenters. The summed E-state index contributed by atoms with van der Waals surface area (Å²) in [4.78, 5) is 0. The Kier molecular flexibility index (Phi) is 1.74. The van der Waals surface area contributed by atoms with Gasteiger partial charge in [0.15, 0.2) is 0 Å². The zero-order valence-electron chi connectivity index (χ0n) is 6.07. The molecule has 0 radical (unpaired) electrons. The molecule has 0 amide bonds. The molecule has 0 aliphatic carbocycles. The van der Waals surface area contributed by atoms with Gasteiger partial charge in [0, 0.05) is 12.5 Å². The van der Waals surface area contributed by atoms with Crippen LogP contribution in [0.2, 0.25) is 0 Å². The molecule has 1 saturated heterocycles. The lowest BCUT2D eigenvalue weighted by Gasteiger charge is -2.27. The summed E-state index contributed by atoms with van der Waals surface area (Å²) in [6.45, 7) is 5.31. The van der Waals surface area contributed by atoms with Crippen molar-refractivity contribution in [2.45, 2.75) is 20.3 Å². The van der Waals surface area contributed by atoms with Gasteiger partial charge in [0.25, 0.3) is 0 Å². The molecular weight excluding hydrogens is 112 g/mol. The minimum Gasteiger partial charge on any atom is -0.374 e. The smallest absolute Gasteiger partial charge is 0.0963 e. The van der Waals surface area contributed by atoms with Crippen LogP contribution < -0.4 is 5.32 Å². The van der Waals surface area contributed by atoms with E-state index in [0.29, 0.717) is 17.7 Å². The first-order valence-electron chi connectivity index (χ1n) is 3.54. The molecule has 2 nitrogen and oxygen atoms in total. The lowest BCUT2D eigenvalue weighted by atomic mass is 9.89. The number of nitrogens with one attached hydrogen (secondary N) is 2. The van der Waals surface area contributed by atoms with E-state index in [1.807, 2.05) is 0 Å². The van der Waals surface area contributed by atoms with Gasteiger partial charge in [-0.1, -0.05) is 13.8 Å². The van der Waals surface area contributed by atoms with E-state index in [-0.39, 0.29) is 0 Å². The second kappa shape index (κ2) is 2.38. The van der Waals surface area contributed by atoms with Crippen LogP contribution in [0.15, 0.2) is 0 Å². The second-order valence-corrected chi connectivity index (χ2v) is 2.90. The van der Waals surface area contributed by atoms with Gasteiger partial charge in [0.2, 0.25) is 0 Å². The summed E-state index contributed by atoms with van der Waals surface area (Å²) in [6.07, 6.45) is 1.21. The van der Waals surface area contributed by atoms with E-state index >= 15 is 0 Å². The van der Waals surface area contributed by atoms with Crippen LogP contribution >= 0.6 is 0 Å². The highest BCUT2D eigenvalue weighted by Crippen LogP contribution is 2.17. The molecule has 1 rings (SSSR count). The quantitative estimate of drug-likeness (QED) is 0.503. The second-order valence-electron chi connectivity index (χ2n) is 2.90. The number of hydrogen-bond donors (Lipinski definition) is 2. The maximum absolute atomic E-state index is 7.41. The molecule has 0 saturated carbocycles. The molecule has 0 aromatic rings. The van der Waals surface area contributed by atoms with Crippen LogP contribution in [0.1, 0.15) is 20.3 Å². The van der Waals surface area contributed by atoms with E-state index < -0.39 is 0 Å². The Bertz CT molecular complexity index is 120. The summed E-state index contributed by atoms with van der Waals surface area (Å²) in [6, 6.07) is 0. The van der Waals surface area contributed by atoms with E-state index in [9.17, 15) is 0 Å². The van der Waals surface area contributed by atoms with Gasteiger partial charge in [0.05, 0.1) is 5.84 Å². The van der Waals surface area contributed by atoms with E-state index in [1.165, 1.54) is 6.42 Å². The Balaban J connectivity index is 2.51. The Labute approximate surface area is 56.2 Å². The number of hydrogen-bond acceptors (Lipinski definition) is 1. The van der Waals surface area contributed by atoms with Gasteiger partial charge in [-0.05, 0) is 12.3 Å². The summed E-state index contributed by atoms with van der Waals surface area (Å²) in [7, 11) is 0. The lowest BCUT2D eigenvalue weighted by molar-refractivity contribution is 0.405. The molecular formula is C7H14N2. The monoisotopic (exact) mass is 126 g/mol. The molecule has 1 heterocycles. The zero-order chi connectivity index (χ0) is 6.85. The fourth-order valence-corrected chi connectivity index (χ4v) is 1.13. The summed E-state index contributed by atoms with van der Waals surface area (Å²) in [5.74, 6) is 1.85. The SMILES string of the molecule is CC1CCNC(=N)C1C. The molecule has 1 aliphatic rings. The van der Waals surface area contributed by atoms with Crippen LogP contribution in [-0.2, 0) is 0 Å². The maximum atomic E-state index is 7.41. The van der Waals surface area contributed by atoms with Gasteiger partial charge in [0.1, 0.15) is 0 Å². The van der Waals surface area contributed by atoms with Crippen molar-refractivity contribution in [3.05, 3.63) is 0 Å². The van der Waals surface area contributed by atoms with Gasteiger partial charge < -0.3 is 5.32 Å². The van der Waals surface area contributed by atoms with Crippen LogP contribution in [0.5, 0.6) is 0 Å². The van der Waals surface area contributed by atoms with Crippen LogP contribution in [0.3, 0.4) is 0 Å². The molecule has 0 spiro atoms. The van der Waals surface area contributed by atoms with Crippen molar-refractivity contribution >= 4 is 5.84 Å². The standard InChI is InChI=1S/C7H14N2/c1-5-3-4-9-7(8)6(5)2/h5-6H,3-4H2,1-2H3,(H2,8,9). The predicted octanol–water partition coefficient (Wildman–Crippen LogP) is 1.23. The summed E-state index contributed by atoms with van der Waals surface area (Å²) in [5.41, 5.74) is 0. The molecule has 2 heteroatoms. The van der Waals surface area contributed by atoms with Crippen molar-refractivity contribution in [2.75, 3.05) is 6.54 Å². The number of piperidine rings is 1. The number of rotatable bonds is 0. The molecule has 2 N–H and O–H groups in total. The highest BCUT2D eigenvalue weighted by atomic mass is 14.9. The van der Waals surface area contributed by atoms with Gasteiger partial charge in [-0.25, -0.2) is 0 Å². The van der Waals surface area contributed by atoms with Gasteiger partial charge in [-0.15, -0.1) is 0 Å². The highest BCUT2D eigenvalue weighted by molar-refractivity contribution is 5.82. The topological polar surface area (TPSA) is 35.9 Å². The first-order chi connectivity index (χ1) is 4.22. The normalized spacial score (nSPS) is 36.0. The third-order valence-corrected chi connectivity index (χ3v) is 2.22. The van der Waals surface area contributed by atoms with Crippen molar-refractivity contribution in [2.24, 2.45) is 11.8 Å². The van der Waals surface area contributed by atoms with E-state index in [0.717, 1.165) is 6.54 Å². The van der Waals surface area contributed by atoms with Gasteiger partial charge >= 0.3 is 0 Å². The third-order valence-electron chi connectivity index (χ3n) is 2.22. The Hall–Kier alpha value is -0.530. The van der Waals surface area contributed by atoms with Crippen LogP contribution in [-0.4, -0.2) is 12.4 Å². The Morgan fingerprint density at radius 2 is 2.22 bits per heavy atom. The minimum atomic E-state index is 0.443. The summed E-state index contributed by atoms with van der Waals surface area (Å²) < 4.78 is 0. The molecule has 52 valence electrons. The molecule has 0 bridgehead atoms. The third kappa shape index (κ3) is 1.23. The van der Waals surface area contributed by atoms with Crippen molar-refractivity contribution < 1.29 is 0 Å². The van der Waals surface area contributed by atoms with Gasteiger partial charge in [-0.3, -0.25) is 5.41 Å². The van der Waals surface area contributed by atoms with E-state index in [4.69, 9.17) is 5.41 Å². The molecule has 0 aromatic heterocycles. The Morgan fingerprint density at radius 3 is 2.67 bits per heavy atom. The summed E-state index contributed by atoms with van der Waals surface area (Å²) >= 11 is 0. The average molecular weight is 126 g/mol. The Morgan fingerprint density at radius 1 is 1.56 bits per heavy atom. The van der Waals surface area contributed by atoms with Gasteiger partial charge in [-0.2, -0.15) is 0 Å². The van der Waals surface area contributed by atoms with E-state index in [1.54, 1.807) is 0 Å². The van der Waals surface area contributed by atoms with Crippen molar-refractivity contribution in [3.8, 4) is 0 Å². The molecule has 1 fully saturated rings.